The lowest BCUT2D eigenvalue weighted by Gasteiger charge is -2.70. The van der Waals surface area contributed by atoms with E-state index >= 15 is 0 Å². The molecule has 4 saturated carbocycles. The lowest BCUT2D eigenvalue weighted by Crippen LogP contribution is -2.67. The summed E-state index contributed by atoms with van der Waals surface area (Å²) in [5.41, 5.74) is -0.0363. The minimum Gasteiger partial charge on any atom is -0.469 e. The third-order valence-corrected chi connectivity index (χ3v) is 14.9. The Labute approximate surface area is 263 Å². The van der Waals surface area contributed by atoms with Gasteiger partial charge in [0, 0.05) is 5.92 Å². The molecule has 3 N–H and O–H groups in total. The van der Waals surface area contributed by atoms with E-state index < -0.39 is 30.0 Å². The number of carbonyl (C=O) groups is 2. The fourth-order valence-corrected chi connectivity index (χ4v) is 11.9. The SMILES string of the molecule is COC(=O)[C@@]1(C)CC[C@]2(C)CC[C@]3(C)C(=CC(=O)[C@@H]4[C@@]5(C)CC[C@H](O[C@H]6OC[C@@H](O)[C@@H](O)[C@@H]6O)C(C)(C)[C@@H]5CC[C@]43C)[C@@H]2C1. The van der Waals surface area contributed by atoms with E-state index in [0.717, 1.165) is 57.8 Å². The fourth-order valence-electron chi connectivity index (χ4n) is 11.9. The van der Waals surface area contributed by atoms with Crippen LogP contribution in [0.5, 0.6) is 0 Å². The molecule has 8 heteroatoms. The summed E-state index contributed by atoms with van der Waals surface area (Å²) in [5, 5.41) is 30.8. The summed E-state index contributed by atoms with van der Waals surface area (Å²) >= 11 is 0. The maximum absolute atomic E-state index is 14.6. The molecule has 1 aliphatic heterocycles. The third kappa shape index (κ3) is 4.33. The van der Waals surface area contributed by atoms with Crippen molar-refractivity contribution in [1.29, 1.82) is 0 Å². The number of fused-ring (bicyclic) bond motifs is 7. The van der Waals surface area contributed by atoms with Gasteiger partial charge >= 0.3 is 5.97 Å². The van der Waals surface area contributed by atoms with Gasteiger partial charge in [-0.3, -0.25) is 9.59 Å². The van der Waals surface area contributed by atoms with Gasteiger partial charge in [-0.15, -0.1) is 0 Å². The molecule has 8 nitrogen and oxygen atoms in total. The van der Waals surface area contributed by atoms with Crippen molar-refractivity contribution in [3.63, 3.8) is 0 Å². The summed E-state index contributed by atoms with van der Waals surface area (Å²) in [6, 6.07) is 0. The highest BCUT2D eigenvalue weighted by Gasteiger charge is 2.70. The van der Waals surface area contributed by atoms with E-state index in [-0.39, 0.29) is 69.3 Å². The summed E-state index contributed by atoms with van der Waals surface area (Å²) in [7, 11) is 1.49. The number of allylic oxidation sites excluding steroid dienone is 2. The van der Waals surface area contributed by atoms with Crippen molar-refractivity contribution in [3.05, 3.63) is 11.6 Å². The number of ketones is 1. The quantitative estimate of drug-likeness (QED) is 0.300. The van der Waals surface area contributed by atoms with Crippen LogP contribution >= 0.6 is 0 Å². The van der Waals surface area contributed by atoms with Crippen molar-refractivity contribution in [2.24, 2.45) is 50.2 Å². The molecular weight excluding hydrogens is 560 g/mol. The predicted octanol–water partition coefficient (Wildman–Crippen LogP) is 4.96. The topological polar surface area (TPSA) is 123 Å². The number of carbonyl (C=O) groups excluding carboxylic acids is 2. The maximum Gasteiger partial charge on any atom is 0.311 e. The Hall–Kier alpha value is -1.32. The third-order valence-electron chi connectivity index (χ3n) is 14.9. The molecule has 0 bridgehead atoms. The number of ether oxygens (including phenoxy) is 3. The van der Waals surface area contributed by atoms with Gasteiger partial charge in [-0.25, -0.2) is 0 Å². The molecule has 5 aliphatic carbocycles. The Kier molecular flexibility index (Phi) is 7.66. The standard InChI is InChI=1S/C36H56O8/c1-31(2)24-9-12-36(7)28(34(24,5)11-10-25(31)44-29-27(40)26(39)23(38)19-43-29)22(37)17-20-21-18-33(4,30(41)42-8)14-13-32(21,3)15-16-35(20,36)6/h17,21,23-29,38-40H,9-16,18-19H2,1-8H3/t21-,23+,24-,25-,26+,27-,28+,29+,32+,33-,34-,35+,36+/m0/s1. The Balaban J connectivity index is 1.32. The zero-order valence-electron chi connectivity index (χ0n) is 28.2. The first-order valence-electron chi connectivity index (χ1n) is 17.0. The van der Waals surface area contributed by atoms with Crippen LogP contribution in [0.3, 0.4) is 0 Å². The average molecular weight is 617 g/mol. The van der Waals surface area contributed by atoms with Crippen molar-refractivity contribution in [1.82, 2.24) is 0 Å². The maximum atomic E-state index is 14.6. The number of hydrogen-bond acceptors (Lipinski definition) is 8. The summed E-state index contributed by atoms with van der Waals surface area (Å²) in [6.07, 6.45) is 5.20. The van der Waals surface area contributed by atoms with E-state index in [2.05, 4.69) is 48.5 Å². The van der Waals surface area contributed by atoms with Crippen LogP contribution < -0.4 is 0 Å². The number of aliphatic hydroxyl groups excluding tert-OH is 3. The van der Waals surface area contributed by atoms with Crippen molar-refractivity contribution in [3.8, 4) is 0 Å². The molecule has 1 saturated heterocycles. The van der Waals surface area contributed by atoms with Gasteiger partial charge in [0.1, 0.15) is 18.3 Å². The minimum atomic E-state index is -1.32. The summed E-state index contributed by atoms with van der Waals surface area (Å²) < 4.78 is 17.3. The van der Waals surface area contributed by atoms with Gasteiger partial charge in [0.2, 0.25) is 0 Å². The van der Waals surface area contributed by atoms with Crippen LogP contribution in [0.1, 0.15) is 106 Å². The van der Waals surface area contributed by atoms with Crippen LogP contribution in [0.2, 0.25) is 0 Å². The molecule has 5 fully saturated rings. The first kappa shape index (κ1) is 32.6. The normalized spacial score (nSPS) is 53.3. The van der Waals surface area contributed by atoms with Gasteiger partial charge in [0.25, 0.3) is 0 Å². The smallest absolute Gasteiger partial charge is 0.311 e. The van der Waals surface area contributed by atoms with Gasteiger partial charge in [0.15, 0.2) is 12.1 Å². The van der Waals surface area contributed by atoms with Crippen molar-refractivity contribution >= 4 is 11.8 Å². The number of rotatable bonds is 3. The highest BCUT2D eigenvalue weighted by molar-refractivity contribution is 5.95. The molecule has 0 aromatic rings. The van der Waals surface area contributed by atoms with Crippen molar-refractivity contribution in [2.45, 2.75) is 137 Å². The molecule has 248 valence electrons. The highest BCUT2D eigenvalue weighted by atomic mass is 16.7. The lowest BCUT2D eigenvalue weighted by atomic mass is 9.33. The molecule has 44 heavy (non-hydrogen) atoms. The molecule has 0 unspecified atom stereocenters. The van der Waals surface area contributed by atoms with E-state index in [9.17, 15) is 24.9 Å². The molecule has 13 atom stereocenters. The molecule has 6 rings (SSSR count). The molecule has 1 heterocycles. The highest BCUT2D eigenvalue weighted by Crippen LogP contribution is 2.75. The average Bonchev–Trinajstić information content (AvgIpc) is 2.96. The first-order valence-corrected chi connectivity index (χ1v) is 17.0. The molecule has 6 aliphatic rings. The van der Waals surface area contributed by atoms with Crippen molar-refractivity contribution < 1.29 is 39.1 Å². The van der Waals surface area contributed by atoms with E-state index in [1.807, 2.05) is 6.08 Å². The number of aliphatic hydroxyl groups is 3. The number of esters is 1. The fraction of sp³-hybridized carbons (Fsp3) is 0.889. The Bertz CT molecular complexity index is 1230. The van der Waals surface area contributed by atoms with E-state index in [1.54, 1.807) is 0 Å². The molecule has 0 radical (unpaired) electrons. The second-order valence-electron chi connectivity index (χ2n) is 17.5. The van der Waals surface area contributed by atoms with Crippen molar-refractivity contribution in [2.75, 3.05) is 13.7 Å². The molecular formula is C36H56O8. The second-order valence-corrected chi connectivity index (χ2v) is 17.5. The van der Waals surface area contributed by atoms with E-state index in [1.165, 1.54) is 12.7 Å². The summed E-state index contributed by atoms with van der Waals surface area (Å²) in [4.78, 5) is 27.6. The van der Waals surface area contributed by atoms with Crippen LogP contribution in [-0.4, -0.2) is 71.5 Å². The Morgan fingerprint density at radius 2 is 1.59 bits per heavy atom. The van der Waals surface area contributed by atoms with E-state index in [0.29, 0.717) is 0 Å². The van der Waals surface area contributed by atoms with Crippen LogP contribution in [0, 0.1) is 50.2 Å². The molecule has 0 amide bonds. The van der Waals surface area contributed by atoms with Gasteiger partial charge in [-0.2, -0.15) is 0 Å². The zero-order valence-corrected chi connectivity index (χ0v) is 28.2. The van der Waals surface area contributed by atoms with Crippen LogP contribution in [0.25, 0.3) is 0 Å². The van der Waals surface area contributed by atoms with Gasteiger partial charge in [0.05, 0.1) is 25.2 Å². The van der Waals surface area contributed by atoms with Crippen LogP contribution in [0.15, 0.2) is 11.6 Å². The first-order chi connectivity index (χ1) is 20.4. The van der Waals surface area contributed by atoms with Gasteiger partial charge < -0.3 is 29.5 Å². The monoisotopic (exact) mass is 616 g/mol. The minimum absolute atomic E-state index is 0.0796. The summed E-state index contributed by atoms with van der Waals surface area (Å²) in [6.45, 7) is 15.9. The number of hydrogen-bond donors (Lipinski definition) is 3. The Morgan fingerprint density at radius 3 is 2.27 bits per heavy atom. The van der Waals surface area contributed by atoms with Crippen LogP contribution in [-0.2, 0) is 23.8 Å². The predicted molar refractivity (Wildman–Crippen MR) is 164 cm³/mol. The second kappa shape index (κ2) is 10.3. The zero-order chi connectivity index (χ0) is 32.3. The molecule has 0 spiro atoms. The Morgan fingerprint density at radius 1 is 0.909 bits per heavy atom. The van der Waals surface area contributed by atoms with E-state index in [4.69, 9.17) is 14.2 Å². The molecule has 0 aromatic carbocycles. The van der Waals surface area contributed by atoms with Gasteiger partial charge in [-0.1, -0.05) is 47.1 Å². The molecule has 0 aromatic heterocycles. The lowest BCUT2D eigenvalue weighted by molar-refractivity contribution is -0.307. The van der Waals surface area contributed by atoms with Crippen LogP contribution in [0.4, 0.5) is 0 Å². The van der Waals surface area contributed by atoms with Gasteiger partial charge in [-0.05, 0) is 110 Å². The number of methoxy groups -OCH3 is 1. The summed E-state index contributed by atoms with van der Waals surface area (Å²) in [5.74, 6) is 0.403. The largest absolute Gasteiger partial charge is 0.469 e.